The second-order valence-corrected chi connectivity index (χ2v) is 8.73. The fourth-order valence-electron chi connectivity index (χ4n) is 3.37. The Morgan fingerprint density at radius 2 is 1.46 bits per heavy atom. The van der Waals surface area contributed by atoms with E-state index in [0.29, 0.717) is 12.1 Å². The number of unbranched alkanes of at least 4 members (excludes halogenated alkanes) is 8. The van der Waals surface area contributed by atoms with Crippen LogP contribution in [0.15, 0.2) is 30.6 Å². The van der Waals surface area contributed by atoms with Gasteiger partial charge >= 0.3 is 0 Å². The molecule has 26 heavy (non-hydrogen) atoms. The zero-order chi connectivity index (χ0) is 18.7. The Labute approximate surface area is 160 Å². The van der Waals surface area contributed by atoms with Crippen molar-refractivity contribution in [2.45, 2.75) is 91.7 Å². The Kier molecular flexibility index (Phi) is 9.17. The van der Waals surface area contributed by atoms with Crippen LogP contribution in [0.5, 0.6) is 0 Å². The van der Waals surface area contributed by atoms with Crippen molar-refractivity contribution in [3.8, 4) is 0 Å². The molecular weight excluding hydrogens is 320 g/mol. The van der Waals surface area contributed by atoms with E-state index in [1.807, 2.05) is 24.5 Å². The molecular formula is C23H38N2O. The average molecular weight is 359 g/mol. The van der Waals surface area contributed by atoms with Crippen LogP contribution in [0.4, 0.5) is 0 Å². The summed E-state index contributed by atoms with van der Waals surface area (Å²) >= 11 is 0. The molecule has 0 spiro atoms. The Morgan fingerprint density at radius 1 is 0.846 bits per heavy atom. The molecule has 3 heteroatoms. The van der Waals surface area contributed by atoms with E-state index in [0.717, 1.165) is 24.1 Å². The molecule has 0 saturated heterocycles. The van der Waals surface area contributed by atoms with Crippen LogP contribution < -0.4 is 0 Å². The van der Waals surface area contributed by atoms with Crippen LogP contribution in [0.1, 0.15) is 85.0 Å². The maximum absolute atomic E-state index is 5.81. The van der Waals surface area contributed by atoms with Gasteiger partial charge in [0, 0.05) is 6.61 Å². The molecule has 146 valence electrons. The summed E-state index contributed by atoms with van der Waals surface area (Å²) in [6.45, 7) is 8.48. The van der Waals surface area contributed by atoms with Gasteiger partial charge in [0.2, 0.25) is 0 Å². The van der Waals surface area contributed by atoms with Gasteiger partial charge in [-0.25, -0.2) is 4.98 Å². The number of aromatic nitrogens is 2. The molecule has 0 radical (unpaired) electrons. The van der Waals surface area contributed by atoms with Crippen LogP contribution >= 0.6 is 0 Å². The fraction of sp³-hybridized carbons (Fsp3) is 0.696. The molecule has 0 amide bonds. The predicted molar refractivity (Wildman–Crippen MR) is 111 cm³/mol. The minimum atomic E-state index is 0.507. The largest absolute Gasteiger partial charge is 0.361 e. The molecule has 0 fully saturated rings. The molecule has 3 nitrogen and oxygen atoms in total. The van der Waals surface area contributed by atoms with Gasteiger partial charge in [-0.1, -0.05) is 84.3 Å². The third-order valence-electron chi connectivity index (χ3n) is 4.97. The first kappa shape index (κ1) is 21.0. The molecule has 1 aromatic heterocycles. The van der Waals surface area contributed by atoms with E-state index < -0.39 is 0 Å². The molecule has 1 heterocycles. The highest BCUT2D eigenvalue weighted by Gasteiger charge is 2.08. The molecule has 0 unspecified atom stereocenters. The Hall–Kier alpha value is -1.35. The SMILES string of the molecule is CC(C)(C)CCCCCCCCCCCOCn1cnc2ccccc21. The number of ether oxygens (including phenoxy) is 1. The molecule has 0 saturated carbocycles. The molecule has 0 N–H and O–H groups in total. The average Bonchev–Trinajstić information content (AvgIpc) is 3.01. The van der Waals surface area contributed by atoms with E-state index in [2.05, 4.69) is 36.4 Å². The van der Waals surface area contributed by atoms with Gasteiger partial charge in [-0.05, 0) is 30.4 Å². The molecule has 0 bridgehead atoms. The van der Waals surface area contributed by atoms with Crippen molar-refractivity contribution in [1.82, 2.24) is 9.55 Å². The normalized spacial score (nSPS) is 12.1. The maximum Gasteiger partial charge on any atom is 0.124 e. The van der Waals surface area contributed by atoms with Crippen molar-refractivity contribution in [2.75, 3.05) is 6.61 Å². The zero-order valence-corrected chi connectivity index (χ0v) is 17.2. The summed E-state index contributed by atoms with van der Waals surface area (Å²) in [5.41, 5.74) is 2.69. The van der Waals surface area contributed by atoms with Gasteiger partial charge < -0.3 is 9.30 Å². The van der Waals surface area contributed by atoms with Crippen LogP contribution in [0.25, 0.3) is 11.0 Å². The van der Waals surface area contributed by atoms with E-state index in [9.17, 15) is 0 Å². The smallest absolute Gasteiger partial charge is 0.124 e. The minimum absolute atomic E-state index is 0.507. The van der Waals surface area contributed by atoms with Crippen molar-refractivity contribution >= 4 is 11.0 Å². The zero-order valence-electron chi connectivity index (χ0n) is 17.2. The minimum Gasteiger partial charge on any atom is -0.361 e. The molecule has 0 aliphatic carbocycles. The third-order valence-corrected chi connectivity index (χ3v) is 4.97. The number of nitrogens with zero attached hydrogens (tertiary/aromatic N) is 2. The summed E-state index contributed by atoms with van der Waals surface area (Å²) in [6.07, 6.45) is 15.4. The van der Waals surface area contributed by atoms with Crippen LogP contribution in [-0.4, -0.2) is 16.2 Å². The first-order valence-corrected chi connectivity index (χ1v) is 10.5. The molecule has 0 aliphatic rings. The lowest BCUT2D eigenvalue weighted by Crippen LogP contribution is -2.03. The van der Waals surface area contributed by atoms with Crippen LogP contribution in [-0.2, 0) is 11.5 Å². The molecule has 0 aliphatic heterocycles. The predicted octanol–water partition coefficient (Wildman–Crippen LogP) is 6.96. The first-order valence-electron chi connectivity index (χ1n) is 10.5. The topological polar surface area (TPSA) is 27.1 Å². The number of hydrogen-bond donors (Lipinski definition) is 0. The number of hydrogen-bond acceptors (Lipinski definition) is 2. The lowest BCUT2D eigenvalue weighted by Gasteiger charge is -2.17. The highest BCUT2D eigenvalue weighted by Crippen LogP contribution is 2.22. The fourth-order valence-corrected chi connectivity index (χ4v) is 3.37. The van der Waals surface area contributed by atoms with Gasteiger partial charge in [-0.3, -0.25) is 0 Å². The summed E-state index contributed by atoms with van der Waals surface area (Å²) in [7, 11) is 0. The van der Waals surface area contributed by atoms with E-state index >= 15 is 0 Å². The third kappa shape index (κ3) is 8.35. The summed E-state index contributed by atoms with van der Waals surface area (Å²) in [4.78, 5) is 4.39. The summed E-state index contributed by atoms with van der Waals surface area (Å²) < 4.78 is 7.89. The van der Waals surface area contributed by atoms with Gasteiger partial charge in [0.25, 0.3) is 0 Å². The number of rotatable bonds is 13. The number of imidazole rings is 1. The van der Waals surface area contributed by atoms with Gasteiger partial charge in [0.1, 0.15) is 6.73 Å². The van der Waals surface area contributed by atoms with Crippen molar-refractivity contribution in [3.63, 3.8) is 0 Å². The summed E-state index contributed by atoms with van der Waals surface area (Å²) in [6, 6.07) is 8.20. The van der Waals surface area contributed by atoms with Crippen LogP contribution in [0.3, 0.4) is 0 Å². The van der Waals surface area contributed by atoms with E-state index in [1.54, 1.807) is 0 Å². The van der Waals surface area contributed by atoms with Crippen molar-refractivity contribution < 1.29 is 4.74 Å². The number of fused-ring (bicyclic) bond motifs is 1. The highest BCUT2D eigenvalue weighted by atomic mass is 16.5. The van der Waals surface area contributed by atoms with E-state index in [1.165, 1.54) is 57.8 Å². The van der Waals surface area contributed by atoms with Crippen LogP contribution in [0, 0.1) is 5.41 Å². The summed E-state index contributed by atoms with van der Waals surface area (Å²) in [5, 5.41) is 0. The van der Waals surface area contributed by atoms with E-state index in [4.69, 9.17) is 4.74 Å². The molecule has 0 atom stereocenters. The Morgan fingerprint density at radius 3 is 2.15 bits per heavy atom. The Balaban J connectivity index is 1.38. The van der Waals surface area contributed by atoms with Gasteiger partial charge in [-0.15, -0.1) is 0 Å². The van der Waals surface area contributed by atoms with Gasteiger partial charge in [0.05, 0.1) is 17.4 Å². The van der Waals surface area contributed by atoms with Crippen molar-refractivity contribution in [1.29, 1.82) is 0 Å². The summed E-state index contributed by atoms with van der Waals surface area (Å²) in [5.74, 6) is 0. The molecule has 2 rings (SSSR count). The quantitative estimate of drug-likeness (QED) is 0.362. The molecule has 1 aromatic carbocycles. The van der Waals surface area contributed by atoms with E-state index in [-0.39, 0.29) is 0 Å². The number of para-hydroxylation sites is 2. The second kappa shape index (κ2) is 11.4. The van der Waals surface area contributed by atoms with Crippen LogP contribution in [0.2, 0.25) is 0 Å². The monoisotopic (exact) mass is 358 g/mol. The van der Waals surface area contributed by atoms with Gasteiger partial charge in [-0.2, -0.15) is 0 Å². The van der Waals surface area contributed by atoms with Crippen molar-refractivity contribution in [3.05, 3.63) is 30.6 Å². The van der Waals surface area contributed by atoms with Gasteiger partial charge in [0.15, 0.2) is 0 Å². The maximum atomic E-state index is 5.81. The first-order chi connectivity index (χ1) is 12.6. The lowest BCUT2D eigenvalue weighted by molar-refractivity contribution is 0.0763. The highest BCUT2D eigenvalue weighted by molar-refractivity contribution is 5.74. The second-order valence-electron chi connectivity index (χ2n) is 8.73. The lowest BCUT2D eigenvalue weighted by atomic mass is 9.89. The standard InChI is InChI=1S/C23H38N2O/c1-23(2,3)17-13-9-7-5-4-6-8-10-14-18-26-20-25-19-24-21-15-11-12-16-22(21)25/h11-12,15-16,19H,4-10,13-14,17-18,20H2,1-3H3. The number of benzene rings is 1. The molecule has 2 aromatic rings. The Bertz CT molecular complexity index is 612. The van der Waals surface area contributed by atoms with Crippen molar-refractivity contribution in [2.24, 2.45) is 5.41 Å².